The molecular formula is C18H16N2O. The first-order valence-corrected chi connectivity index (χ1v) is 6.80. The number of hydrogen-bond acceptors (Lipinski definition) is 2. The number of rotatable bonds is 2. The van der Waals surface area contributed by atoms with E-state index in [1.54, 1.807) is 12.1 Å². The van der Waals surface area contributed by atoms with Crippen LogP contribution < -0.4 is 11.1 Å². The van der Waals surface area contributed by atoms with E-state index in [9.17, 15) is 4.79 Å². The Labute approximate surface area is 123 Å². The van der Waals surface area contributed by atoms with Gasteiger partial charge in [-0.15, -0.1) is 0 Å². The van der Waals surface area contributed by atoms with Crippen LogP contribution in [0.2, 0.25) is 0 Å². The molecule has 0 aromatic heterocycles. The summed E-state index contributed by atoms with van der Waals surface area (Å²) in [6, 6.07) is 19.2. The monoisotopic (exact) mass is 276 g/mol. The van der Waals surface area contributed by atoms with Crippen LogP contribution in [0.25, 0.3) is 10.8 Å². The highest BCUT2D eigenvalue weighted by atomic mass is 16.1. The van der Waals surface area contributed by atoms with Crippen molar-refractivity contribution in [2.75, 3.05) is 11.1 Å². The number of anilines is 2. The highest BCUT2D eigenvalue weighted by Crippen LogP contribution is 2.24. The predicted octanol–water partition coefficient (Wildman–Crippen LogP) is 3.98. The largest absolute Gasteiger partial charge is 0.398 e. The van der Waals surface area contributed by atoms with Gasteiger partial charge in [0.25, 0.3) is 5.91 Å². The topological polar surface area (TPSA) is 55.1 Å². The molecule has 3 heteroatoms. The van der Waals surface area contributed by atoms with Gasteiger partial charge in [0.15, 0.2) is 0 Å². The van der Waals surface area contributed by atoms with Crippen LogP contribution in [0.5, 0.6) is 0 Å². The summed E-state index contributed by atoms with van der Waals surface area (Å²) in [6.45, 7) is 1.94. The van der Waals surface area contributed by atoms with Crippen molar-refractivity contribution in [2.45, 2.75) is 6.92 Å². The van der Waals surface area contributed by atoms with Crippen molar-refractivity contribution >= 4 is 28.1 Å². The summed E-state index contributed by atoms with van der Waals surface area (Å²) < 4.78 is 0. The van der Waals surface area contributed by atoms with E-state index in [0.717, 1.165) is 22.0 Å². The van der Waals surface area contributed by atoms with Crippen LogP contribution >= 0.6 is 0 Å². The molecule has 0 saturated carbocycles. The maximum atomic E-state index is 12.4. The number of nitrogens with two attached hydrogens (primary N) is 1. The predicted molar refractivity (Wildman–Crippen MR) is 87.5 cm³/mol. The SMILES string of the molecule is Cc1ccc(N)c(C(=O)Nc2cccc3ccccc23)c1. The van der Waals surface area contributed by atoms with E-state index in [1.165, 1.54) is 0 Å². The summed E-state index contributed by atoms with van der Waals surface area (Å²) in [6.07, 6.45) is 0. The van der Waals surface area contributed by atoms with Crippen LogP contribution in [0, 0.1) is 6.92 Å². The summed E-state index contributed by atoms with van der Waals surface area (Å²) in [7, 11) is 0. The number of carbonyl (C=O) groups is 1. The number of carbonyl (C=O) groups excluding carboxylic acids is 1. The van der Waals surface area contributed by atoms with E-state index in [2.05, 4.69) is 5.32 Å². The van der Waals surface area contributed by atoms with Gasteiger partial charge >= 0.3 is 0 Å². The van der Waals surface area contributed by atoms with Crippen molar-refractivity contribution in [1.29, 1.82) is 0 Å². The van der Waals surface area contributed by atoms with Crippen molar-refractivity contribution in [3.8, 4) is 0 Å². The summed E-state index contributed by atoms with van der Waals surface area (Å²) >= 11 is 0. The Kier molecular flexibility index (Phi) is 3.32. The Morgan fingerprint density at radius 2 is 1.76 bits per heavy atom. The smallest absolute Gasteiger partial charge is 0.257 e. The quantitative estimate of drug-likeness (QED) is 0.695. The molecule has 3 aromatic rings. The van der Waals surface area contributed by atoms with Gasteiger partial charge in [0, 0.05) is 16.8 Å². The third kappa shape index (κ3) is 2.58. The molecule has 0 fully saturated rings. The lowest BCUT2D eigenvalue weighted by Gasteiger charge is -2.10. The van der Waals surface area contributed by atoms with Gasteiger partial charge < -0.3 is 11.1 Å². The van der Waals surface area contributed by atoms with Crippen LogP contribution in [0.3, 0.4) is 0 Å². The maximum absolute atomic E-state index is 12.4. The minimum Gasteiger partial charge on any atom is -0.398 e. The summed E-state index contributed by atoms with van der Waals surface area (Å²) in [5, 5.41) is 5.05. The molecule has 0 atom stereocenters. The zero-order valence-electron chi connectivity index (χ0n) is 11.8. The van der Waals surface area contributed by atoms with E-state index in [0.29, 0.717) is 11.3 Å². The van der Waals surface area contributed by atoms with Gasteiger partial charge in [-0.25, -0.2) is 0 Å². The second-order valence-corrected chi connectivity index (χ2v) is 5.07. The molecule has 3 nitrogen and oxygen atoms in total. The molecule has 1 amide bonds. The molecule has 21 heavy (non-hydrogen) atoms. The first kappa shape index (κ1) is 13.2. The van der Waals surface area contributed by atoms with Gasteiger partial charge in [-0.05, 0) is 30.5 Å². The first-order chi connectivity index (χ1) is 10.1. The third-order valence-corrected chi connectivity index (χ3v) is 3.49. The third-order valence-electron chi connectivity index (χ3n) is 3.49. The van der Waals surface area contributed by atoms with E-state index >= 15 is 0 Å². The van der Waals surface area contributed by atoms with Crippen molar-refractivity contribution in [1.82, 2.24) is 0 Å². The molecule has 0 heterocycles. The van der Waals surface area contributed by atoms with Gasteiger partial charge in [-0.1, -0.05) is 48.0 Å². The van der Waals surface area contributed by atoms with E-state index in [4.69, 9.17) is 5.73 Å². The van der Waals surface area contributed by atoms with Gasteiger partial charge in [0.2, 0.25) is 0 Å². The lowest BCUT2D eigenvalue weighted by molar-refractivity contribution is 0.102. The van der Waals surface area contributed by atoms with Gasteiger partial charge in [0.05, 0.1) is 5.56 Å². The van der Waals surface area contributed by atoms with Crippen LogP contribution in [0.15, 0.2) is 60.7 Å². The number of benzene rings is 3. The minimum absolute atomic E-state index is 0.187. The molecule has 0 aliphatic rings. The molecule has 0 aliphatic carbocycles. The zero-order valence-corrected chi connectivity index (χ0v) is 11.8. The number of fused-ring (bicyclic) bond motifs is 1. The van der Waals surface area contributed by atoms with E-state index in [1.807, 2.05) is 55.5 Å². The fourth-order valence-electron chi connectivity index (χ4n) is 2.39. The number of aryl methyl sites for hydroxylation is 1. The van der Waals surface area contributed by atoms with E-state index < -0.39 is 0 Å². The fraction of sp³-hybridized carbons (Fsp3) is 0.0556. The van der Waals surface area contributed by atoms with Crippen molar-refractivity contribution in [2.24, 2.45) is 0 Å². The number of hydrogen-bond donors (Lipinski definition) is 2. The van der Waals surface area contributed by atoms with Gasteiger partial charge in [-0.2, -0.15) is 0 Å². The van der Waals surface area contributed by atoms with Crippen LogP contribution in [0.4, 0.5) is 11.4 Å². The Bertz CT molecular complexity index is 819. The average molecular weight is 276 g/mol. The van der Waals surface area contributed by atoms with Crippen molar-refractivity contribution in [3.05, 3.63) is 71.8 Å². The minimum atomic E-state index is -0.187. The second-order valence-electron chi connectivity index (χ2n) is 5.07. The normalized spacial score (nSPS) is 10.5. The second kappa shape index (κ2) is 5.29. The molecule has 0 unspecified atom stereocenters. The Morgan fingerprint density at radius 3 is 2.62 bits per heavy atom. The number of nitrogen functional groups attached to an aromatic ring is 1. The molecular weight excluding hydrogens is 260 g/mol. The Balaban J connectivity index is 1.99. The highest BCUT2D eigenvalue weighted by molar-refractivity contribution is 6.11. The number of amides is 1. The molecule has 3 aromatic carbocycles. The molecule has 3 rings (SSSR count). The first-order valence-electron chi connectivity index (χ1n) is 6.80. The standard InChI is InChI=1S/C18H16N2O/c1-12-9-10-16(19)15(11-12)18(21)20-17-8-4-6-13-5-2-3-7-14(13)17/h2-11H,19H2,1H3,(H,20,21). The zero-order chi connectivity index (χ0) is 14.8. The van der Waals surface area contributed by atoms with E-state index in [-0.39, 0.29) is 5.91 Å². The molecule has 0 aliphatic heterocycles. The fourth-order valence-corrected chi connectivity index (χ4v) is 2.39. The summed E-state index contributed by atoms with van der Waals surface area (Å²) in [5.41, 5.74) is 8.68. The highest BCUT2D eigenvalue weighted by Gasteiger charge is 2.11. The summed E-state index contributed by atoms with van der Waals surface area (Å²) in [4.78, 5) is 12.4. The molecule has 0 bridgehead atoms. The van der Waals surface area contributed by atoms with Crippen molar-refractivity contribution in [3.63, 3.8) is 0 Å². The summed E-state index contributed by atoms with van der Waals surface area (Å²) in [5.74, 6) is -0.187. The Hall–Kier alpha value is -2.81. The molecule has 104 valence electrons. The molecule has 0 saturated heterocycles. The average Bonchev–Trinajstić information content (AvgIpc) is 2.50. The van der Waals surface area contributed by atoms with Gasteiger partial charge in [0.1, 0.15) is 0 Å². The van der Waals surface area contributed by atoms with Gasteiger partial charge in [-0.3, -0.25) is 4.79 Å². The molecule has 0 radical (unpaired) electrons. The molecule has 0 spiro atoms. The van der Waals surface area contributed by atoms with Crippen LogP contribution in [-0.4, -0.2) is 5.91 Å². The maximum Gasteiger partial charge on any atom is 0.257 e. The van der Waals surface area contributed by atoms with Crippen LogP contribution in [-0.2, 0) is 0 Å². The lowest BCUT2D eigenvalue weighted by Crippen LogP contribution is -2.14. The lowest BCUT2D eigenvalue weighted by atomic mass is 10.1. The Morgan fingerprint density at radius 1 is 1.00 bits per heavy atom. The van der Waals surface area contributed by atoms with Crippen LogP contribution in [0.1, 0.15) is 15.9 Å². The van der Waals surface area contributed by atoms with Crippen molar-refractivity contribution < 1.29 is 4.79 Å². The number of nitrogens with one attached hydrogen (secondary N) is 1. The molecule has 3 N–H and O–H groups in total.